The van der Waals surface area contributed by atoms with Crippen molar-refractivity contribution in [3.63, 3.8) is 0 Å². The van der Waals surface area contributed by atoms with Gasteiger partial charge in [0.2, 0.25) is 5.91 Å². The number of rotatable bonds is 3. The Kier molecular flexibility index (Phi) is 4.72. The van der Waals surface area contributed by atoms with E-state index in [1.807, 2.05) is 24.3 Å². The van der Waals surface area contributed by atoms with Crippen LogP contribution in [0.25, 0.3) is 0 Å². The number of carbonyl (C=O) groups is 1. The number of halogens is 1. The predicted octanol–water partition coefficient (Wildman–Crippen LogP) is 2.87. The molecule has 0 bridgehead atoms. The van der Waals surface area contributed by atoms with Crippen molar-refractivity contribution >= 4 is 27.5 Å². The monoisotopic (exact) mass is 370 g/mol. The van der Waals surface area contributed by atoms with Gasteiger partial charge in [-0.1, -0.05) is 28.1 Å². The Balaban J connectivity index is 1.60. The summed E-state index contributed by atoms with van der Waals surface area (Å²) in [6, 6.07) is 16.7. The highest BCUT2D eigenvalue weighted by Crippen LogP contribution is 2.24. The molecule has 2 atom stereocenters. The number of nitrogens with zero attached hydrogens (tertiary/aromatic N) is 1. The van der Waals surface area contributed by atoms with Crippen LogP contribution < -0.4 is 16.2 Å². The van der Waals surface area contributed by atoms with Gasteiger partial charge in [-0.15, -0.1) is 0 Å². The molecule has 0 saturated carbocycles. The standard InChI is InChI=1S/C17H15BrN4O/c18-13-5-3-12(4-6-13)15-9-16(22-21-15)17(23)20-14-7-1-11(10-19)2-8-14/h1-8,15-16,21-22H,9H2,(H,20,23). The highest BCUT2D eigenvalue weighted by molar-refractivity contribution is 9.10. The van der Waals surface area contributed by atoms with E-state index >= 15 is 0 Å². The molecule has 1 heterocycles. The Bertz CT molecular complexity index is 737. The smallest absolute Gasteiger partial charge is 0.242 e. The van der Waals surface area contributed by atoms with E-state index in [1.54, 1.807) is 24.3 Å². The molecule has 3 rings (SSSR count). The Labute approximate surface area is 142 Å². The third-order valence-corrected chi connectivity index (χ3v) is 4.30. The zero-order chi connectivity index (χ0) is 16.2. The van der Waals surface area contributed by atoms with Gasteiger partial charge >= 0.3 is 0 Å². The summed E-state index contributed by atoms with van der Waals surface area (Å²) in [5, 5.41) is 11.6. The number of nitrogens with one attached hydrogen (secondary N) is 3. The average molecular weight is 371 g/mol. The van der Waals surface area contributed by atoms with Crippen molar-refractivity contribution in [2.24, 2.45) is 0 Å². The van der Waals surface area contributed by atoms with Gasteiger partial charge in [-0.05, 0) is 48.4 Å². The van der Waals surface area contributed by atoms with Crippen LogP contribution >= 0.6 is 15.9 Å². The molecule has 23 heavy (non-hydrogen) atoms. The van der Waals surface area contributed by atoms with Crippen LogP contribution in [0.15, 0.2) is 53.0 Å². The number of nitriles is 1. The summed E-state index contributed by atoms with van der Waals surface area (Å²) in [4.78, 5) is 12.3. The topological polar surface area (TPSA) is 77.0 Å². The molecule has 1 fully saturated rings. The first-order chi connectivity index (χ1) is 11.2. The van der Waals surface area contributed by atoms with Gasteiger partial charge in [0.25, 0.3) is 0 Å². The third kappa shape index (κ3) is 3.77. The van der Waals surface area contributed by atoms with Gasteiger partial charge < -0.3 is 5.32 Å². The molecule has 6 heteroatoms. The highest BCUT2D eigenvalue weighted by Gasteiger charge is 2.30. The minimum Gasteiger partial charge on any atom is -0.325 e. The van der Waals surface area contributed by atoms with Crippen LogP contribution in [0, 0.1) is 11.3 Å². The summed E-state index contributed by atoms with van der Waals surface area (Å²) < 4.78 is 1.03. The molecule has 0 aliphatic carbocycles. The summed E-state index contributed by atoms with van der Waals surface area (Å²) in [7, 11) is 0. The zero-order valence-electron chi connectivity index (χ0n) is 12.2. The second-order valence-corrected chi connectivity index (χ2v) is 6.28. The van der Waals surface area contributed by atoms with Crippen LogP contribution in [-0.4, -0.2) is 11.9 Å². The van der Waals surface area contributed by atoms with Crippen molar-refractivity contribution in [3.05, 3.63) is 64.1 Å². The van der Waals surface area contributed by atoms with Gasteiger partial charge in [-0.25, -0.2) is 10.9 Å². The van der Waals surface area contributed by atoms with E-state index in [-0.39, 0.29) is 18.0 Å². The number of amides is 1. The molecule has 2 aromatic rings. The minimum absolute atomic E-state index is 0.0955. The molecule has 5 nitrogen and oxygen atoms in total. The Morgan fingerprint density at radius 2 is 1.83 bits per heavy atom. The third-order valence-electron chi connectivity index (χ3n) is 3.77. The van der Waals surface area contributed by atoms with Crippen LogP contribution in [-0.2, 0) is 4.79 Å². The van der Waals surface area contributed by atoms with Crippen LogP contribution in [0.1, 0.15) is 23.6 Å². The Hall–Kier alpha value is -2.20. The summed E-state index contributed by atoms with van der Waals surface area (Å²) in [5.41, 5.74) is 8.58. The lowest BCUT2D eigenvalue weighted by Gasteiger charge is -2.11. The fraction of sp³-hybridized carbons (Fsp3) is 0.176. The predicted molar refractivity (Wildman–Crippen MR) is 91.3 cm³/mol. The lowest BCUT2D eigenvalue weighted by Crippen LogP contribution is -2.39. The van der Waals surface area contributed by atoms with Gasteiger partial charge in [0, 0.05) is 16.2 Å². The Morgan fingerprint density at radius 1 is 1.13 bits per heavy atom. The maximum Gasteiger partial charge on any atom is 0.242 e. The zero-order valence-corrected chi connectivity index (χ0v) is 13.8. The lowest BCUT2D eigenvalue weighted by atomic mass is 10.0. The molecule has 2 aromatic carbocycles. The number of hydrogen-bond acceptors (Lipinski definition) is 4. The molecule has 116 valence electrons. The van der Waals surface area contributed by atoms with Crippen molar-refractivity contribution in [2.45, 2.75) is 18.5 Å². The van der Waals surface area contributed by atoms with E-state index in [2.05, 4.69) is 38.2 Å². The molecule has 0 spiro atoms. The van der Waals surface area contributed by atoms with E-state index in [0.29, 0.717) is 17.7 Å². The second-order valence-electron chi connectivity index (χ2n) is 5.36. The van der Waals surface area contributed by atoms with Crippen molar-refractivity contribution in [1.29, 1.82) is 5.26 Å². The van der Waals surface area contributed by atoms with Crippen LogP contribution in [0.5, 0.6) is 0 Å². The van der Waals surface area contributed by atoms with Gasteiger partial charge in [0.1, 0.15) is 6.04 Å². The molecular formula is C17H15BrN4O. The Morgan fingerprint density at radius 3 is 2.48 bits per heavy atom. The van der Waals surface area contributed by atoms with Crippen molar-refractivity contribution < 1.29 is 4.79 Å². The van der Waals surface area contributed by atoms with Crippen LogP contribution in [0.3, 0.4) is 0 Å². The van der Waals surface area contributed by atoms with E-state index in [0.717, 1.165) is 10.0 Å². The SMILES string of the molecule is N#Cc1ccc(NC(=O)C2CC(c3ccc(Br)cc3)NN2)cc1. The van der Waals surface area contributed by atoms with Crippen molar-refractivity contribution in [3.8, 4) is 6.07 Å². The lowest BCUT2D eigenvalue weighted by molar-refractivity contribution is -0.117. The maximum absolute atomic E-state index is 12.3. The second kappa shape index (κ2) is 6.92. The molecule has 0 radical (unpaired) electrons. The van der Waals surface area contributed by atoms with E-state index < -0.39 is 0 Å². The molecular weight excluding hydrogens is 356 g/mol. The summed E-state index contributed by atoms with van der Waals surface area (Å²) in [5.74, 6) is -0.0955. The maximum atomic E-state index is 12.3. The first-order valence-corrected chi connectivity index (χ1v) is 8.02. The fourth-order valence-electron chi connectivity index (χ4n) is 2.50. The van der Waals surface area contributed by atoms with Gasteiger partial charge in [-0.2, -0.15) is 5.26 Å². The van der Waals surface area contributed by atoms with Gasteiger partial charge in [0.05, 0.1) is 11.6 Å². The van der Waals surface area contributed by atoms with Gasteiger partial charge in [0.15, 0.2) is 0 Å². The first kappa shape index (κ1) is 15.7. The number of benzene rings is 2. The number of hydrazine groups is 1. The number of anilines is 1. The summed E-state index contributed by atoms with van der Waals surface area (Å²) in [6.07, 6.45) is 0.670. The van der Waals surface area contributed by atoms with E-state index in [1.165, 1.54) is 0 Å². The van der Waals surface area contributed by atoms with E-state index in [4.69, 9.17) is 5.26 Å². The normalized spacial score (nSPS) is 20.0. The summed E-state index contributed by atoms with van der Waals surface area (Å²) in [6.45, 7) is 0. The molecule has 1 amide bonds. The molecule has 1 aliphatic heterocycles. The largest absolute Gasteiger partial charge is 0.325 e. The molecule has 0 aromatic heterocycles. The molecule has 1 saturated heterocycles. The first-order valence-electron chi connectivity index (χ1n) is 7.23. The highest BCUT2D eigenvalue weighted by atomic mass is 79.9. The van der Waals surface area contributed by atoms with Crippen molar-refractivity contribution in [1.82, 2.24) is 10.9 Å². The van der Waals surface area contributed by atoms with Crippen LogP contribution in [0.4, 0.5) is 5.69 Å². The van der Waals surface area contributed by atoms with Crippen LogP contribution in [0.2, 0.25) is 0 Å². The summed E-state index contributed by atoms with van der Waals surface area (Å²) >= 11 is 3.42. The molecule has 2 unspecified atom stereocenters. The average Bonchev–Trinajstić information content (AvgIpc) is 3.06. The number of carbonyl (C=O) groups excluding carboxylic acids is 1. The van der Waals surface area contributed by atoms with Gasteiger partial charge in [-0.3, -0.25) is 4.79 Å². The minimum atomic E-state index is -0.306. The van der Waals surface area contributed by atoms with E-state index in [9.17, 15) is 4.79 Å². The molecule has 3 N–H and O–H groups in total. The molecule has 1 aliphatic rings. The van der Waals surface area contributed by atoms with Crippen molar-refractivity contribution in [2.75, 3.05) is 5.32 Å². The quantitative estimate of drug-likeness (QED) is 0.776. The fourth-order valence-corrected chi connectivity index (χ4v) is 2.76. The number of hydrogen-bond donors (Lipinski definition) is 3.